The van der Waals surface area contributed by atoms with Crippen LogP contribution in [-0.4, -0.2) is 34.2 Å². The highest BCUT2D eigenvalue weighted by Crippen LogP contribution is 2.44. The van der Waals surface area contributed by atoms with E-state index >= 15 is 0 Å². The Kier molecular flexibility index (Phi) is 4.60. The van der Waals surface area contributed by atoms with Gasteiger partial charge in [0.2, 0.25) is 10.0 Å². The normalized spacial score (nSPS) is 24.4. The quantitative estimate of drug-likeness (QED) is 0.845. The van der Waals surface area contributed by atoms with Gasteiger partial charge in [0.05, 0.1) is 11.8 Å². The zero-order valence-corrected chi connectivity index (χ0v) is 13.8. The molecule has 21 heavy (non-hydrogen) atoms. The molecule has 0 bridgehead atoms. The van der Waals surface area contributed by atoms with Gasteiger partial charge in [0.1, 0.15) is 4.90 Å². The minimum atomic E-state index is -3.46. The SMILES string of the molecule is CCOC1CC(Nc2ccccc2S(=O)(=O)NC)C1(C)C. The average Bonchev–Trinajstić information content (AvgIpc) is 2.46. The summed E-state index contributed by atoms with van der Waals surface area (Å²) in [6, 6.07) is 7.17. The van der Waals surface area contributed by atoms with Crippen LogP contribution in [0.3, 0.4) is 0 Å². The monoisotopic (exact) mass is 312 g/mol. The third-order valence-electron chi connectivity index (χ3n) is 4.32. The number of rotatable bonds is 6. The summed E-state index contributed by atoms with van der Waals surface area (Å²) in [6.07, 6.45) is 1.10. The van der Waals surface area contributed by atoms with Gasteiger partial charge in [0.25, 0.3) is 0 Å². The van der Waals surface area contributed by atoms with E-state index in [0.717, 1.165) is 6.42 Å². The van der Waals surface area contributed by atoms with Gasteiger partial charge in [-0.1, -0.05) is 26.0 Å². The number of hydrogen-bond donors (Lipinski definition) is 2. The van der Waals surface area contributed by atoms with Crippen LogP contribution in [0.2, 0.25) is 0 Å². The number of hydrogen-bond acceptors (Lipinski definition) is 4. The van der Waals surface area contributed by atoms with Crippen LogP contribution in [0.15, 0.2) is 29.2 Å². The van der Waals surface area contributed by atoms with Gasteiger partial charge >= 0.3 is 0 Å². The van der Waals surface area contributed by atoms with Crippen LogP contribution in [-0.2, 0) is 14.8 Å². The van der Waals surface area contributed by atoms with E-state index in [0.29, 0.717) is 12.3 Å². The van der Waals surface area contributed by atoms with Crippen molar-refractivity contribution in [3.63, 3.8) is 0 Å². The first-order valence-electron chi connectivity index (χ1n) is 7.23. The summed E-state index contributed by atoms with van der Waals surface area (Å²) in [5, 5.41) is 3.37. The third-order valence-corrected chi connectivity index (χ3v) is 5.79. The van der Waals surface area contributed by atoms with Crippen LogP contribution in [0.25, 0.3) is 0 Å². The van der Waals surface area contributed by atoms with E-state index in [4.69, 9.17) is 4.74 Å². The van der Waals surface area contributed by atoms with Crippen LogP contribution < -0.4 is 10.0 Å². The van der Waals surface area contributed by atoms with Crippen molar-refractivity contribution in [3.05, 3.63) is 24.3 Å². The summed E-state index contributed by atoms with van der Waals surface area (Å²) in [7, 11) is -2.04. The van der Waals surface area contributed by atoms with Gasteiger partial charge in [-0.15, -0.1) is 0 Å². The number of nitrogens with one attached hydrogen (secondary N) is 2. The molecule has 0 heterocycles. The predicted molar refractivity (Wildman–Crippen MR) is 83.9 cm³/mol. The number of benzene rings is 1. The van der Waals surface area contributed by atoms with Crippen molar-refractivity contribution in [1.82, 2.24) is 4.72 Å². The molecule has 0 radical (unpaired) electrons. The molecule has 2 rings (SSSR count). The second-order valence-corrected chi connectivity index (χ2v) is 7.76. The van der Waals surface area contributed by atoms with Crippen molar-refractivity contribution in [2.75, 3.05) is 19.0 Å². The number of anilines is 1. The summed E-state index contributed by atoms with van der Waals surface area (Å²) >= 11 is 0. The Bertz CT molecular complexity index is 599. The molecule has 2 unspecified atom stereocenters. The highest BCUT2D eigenvalue weighted by molar-refractivity contribution is 7.89. The number of sulfonamides is 1. The minimum Gasteiger partial charge on any atom is -0.380 e. The molecule has 5 nitrogen and oxygen atoms in total. The van der Waals surface area contributed by atoms with E-state index in [2.05, 4.69) is 23.9 Å². The first kappa shape index (κ1) is 16.3. The molecule has 1 aromatic rings. The molecule has 0 spiro atoms. The summed E-state index contributed by atoms with van der Waals surface area (Å²) in [6.45, 7) is 6.98. The Hall–Kier alpha value is -1.11. The van der Waals surface area contributed by atoms with Crippen molar-refractivity contribution < 1.29 is 13.2 Å². The maximum absolute atomic E-state index is 12.1. The molecule has 1 aliphatic rings. The van der Waals surface area contributed by atoms with E-state index < -0.39 is 10.0 Å². The molecular weight excluding hydrogens is 288 g/mol. The molecule has 0 aliphatic heterocycles. The summed E-state index contributed by atoms with van der Waals surface area (Å²) < 4.78 is 32.2. The number of para-hydroxylation sites is 1. The molecule has 0 aromatic heterocycles. The van der Waals surface area contributed by atoms with Crippen LogP contribution >= 0.6 is 0 Å². The Morgan fingerprint density at radius 1 is 1.33 bits per heavy atom. The van der Waals surface area contributed by atoms with Crippen molar-refractivity contribution in [2.24, 2.45) is 5.41 Å². The highest BCUT2D eigenvalue weighted by atomic mass is 32.2. The molecule has 0 saturated heterocycles. The largest absolute Gasteiger partial charge is 0.380 e. The van der Waals surface area contributed by atoms with E-state index in [9.17, 15) is 8.42 Å². The first-order valence-corrected chi connectivity index (χ1v) is 8.72. The van der Waals surface area contributed by atoms with Crippen LogP contribution in [0.5, 0.6) is 0 Å². The Balaban J connectivity index is 2.19. The molecule has 6 heteroatoms. The van der Waals surface area contributed by atoms with Gasteiger partial charge in [-0.25, -0.2) is 13.1 Å². The highest BCUT2D eigenvalue weighted by Gasteiger charge is 2.49. The fourth-order valence-corrected chi connectivity index (χ4v) is 3.63. The van der Waals surface area contributed by atoms with Gasteiger partial charge in [-0.3, -0.25) is 0 Å². The lowest BCUT2D eigenvalue weighted by molar-refractivity contribution is -0.0976. The topological polar surface area (TPSA) is 67.4 Å². The smallest absolute Gasteiger partial charge is 0.242 e. The van der Waals surface area contributed by atoms with Crippen molar-refractivity contribution >= 4 is 15.7 Å². The lowest BCUT2D eigenvalue weighted by atomic mass is 9.64. The number of ether oxygens (including phenoxy) is 1. The molecule has 0 amide bonds. The Morgan fingerprint density at radius 3 is 2.57 bits per heavy atom. The first-order chi connectivity index (χ1) is 9.82. The molecule has 2 atom stereocenters. The van der Waals surface area contributed by atoms with Crippen LogP contribution in [0.4, 0.5) is 5.69 Å². The van der Waals surface area contributed by atoms with Gasteiger partial charge in [-0.2, -0.15) is 0 Å². The fourth-order valence-electron chi connectivity index (χ4n) is 2.73. The second kappa shape index (κ2) is 5.94. The Morgan fingerprint density at radius 2 is 2.00 bits per heavy atom. The summed E-state index contributed by atoms with van der Waals surface area (Å²) in [5.41, 5.74) is 0.617. The lowest BCUT2D eigenvalue weighted by Crippen LogP contribution is -2.58. The van der Waals surface area contributed by atoms with Crippen molar-refractivity contribution in [3.8, 4) is 0 Å². The molecule has 2 N–H and O–H groups in total. The summed E-state index contributed by atoms with van der Waals surface area (Å²) in [5.74, 6) is 0. The van der Waals surface area contributed by atoms with Crippen molar-refractivity contribution in [2.45, 2.75) is 44.2 Å². The second-order valence-electron chi connectivity index (χ2n) is 5.90. The van der Waals surface area contributed by atoms with Gasteiger partial charge in [-0.05, 0) is 32.5 Å². The van der Waals surface area contributed by atoms with E-state index in [1.807, 2.05) is 13.0 Å². The minimum absolute atomic E-state index is 0.0213. The molecular formula is C15H24N2O3S. The standard InChI is InChI=1S/C15H24N2O3S/c1-5-20-14-10-13(15(14,2)3)17-11-8-6-7-9-12(11)21(18,19)16-4/h6-9,13-14,16-17H,5,10H2,1-4H3. The Labute approximate surface area is 127 Å². The fraction of sp³-hybridized carbons (Fsp3) is 0.600. The van der Waals surface area contributed by atoms with Crippen LogP contribution in [0.1, 0.15) is 27.2 Å². The molecule has 1 aromatic carbocycles. The maximum atomic E-state index is 12.1. The zero-order valence-electron chi connectivity index (χ0n) is 13.0. The third kappa shape index (κ3) is 3.07. The average molecular weight is 312 g/mol. The van der Waals surface area contributed by atoms with Gasteiger partial charge in [0, 0.05) is 18.1 Å². The lowest BCUT2D eigenvalue weighted by Gasteiger charge is -2.52. The molecule has 1 aliphatic carbocycles. The van der Waals surface area contributed by atoms with E-state index in [1.54, 1.807) is 18.2 Å². The maximum Gasteiger partial charge on any atom is 0.242 e. The molecule has 1 saturated carbocycles. The molecule has 1 fully saturated rings. The molecule has 118 valence electrons. The van der Waals surface area contributed by atoms with Crippen molar-refractivity contribution in [1.29, 1.82) is 0 Å². The van der Waals surface area contributed by atoms with E-state index in [-0.39, 0.29) is 22.5 Å². The predicted octanol–water partition coefficient (Wildman–Crippen LogP) is 2.21. The van der Waals surface area contributed by atoms with E-state index in [1.165, 1.54) is 7.05 Å². The summed E-state index contributed by atoms with van der Waals surface area (Å²) in [4.78, 5) is 0.281. The van der Waals surface area contributed by atoms with Gasteiger partial charge < -0.3 is 10.1 Å². The van der Waals surface area contributed by atoms with Crippen LogP contribution in [0, 0.1) is 5.41 Å². The zero-order chi connectivity index (χ0) is 15.7. The van der Waals surface area contributed by atoms with Gasteiger partial charge in [0.15, 0.2) is 0 Å².